The zero-order chi connectivity index (χ0) is 21.5. The molecule has 1 N–H and O–H groups in total. The van der Waals surface area contributed by atoms with Gasteiger partial charge in [0.25, 0.3) is 5.91 Å². The molecule has 3 aromatic rings. The molecule has 7 nitrogen and oxygen atoms in total. The van der Waals surface area contributed by atoms with Crippen LogP contribution in [0.25, 0.3) is 0 Å². The smallest absolute Gasteiger partial charge is 0.251 e. The highest BCUT2D eigenvalue weighted by atomic mass is 32.2. The maximum atomic E-state index is 12.4. The Kier molecular flexibility index (Phi) is 6.99. The van der Waals surface area contributed by atoms with E-state index in [0.717, 1.165) is 0 Å². The first-order valence-electron chi connectivity index (χ1n) is 9.48. The van der Waals surface area contributed by atoms with Crippen molar-refractivity contribution in [1.82, 2.24) is 20.1 Å². The van der Waals surface area contributed by atoms with Gasteiger partial charge in [0.1, 0.15) is 0 Å². The fraction of sp³-hybridized carbons (Fsp3) is 0.227. The van der Waals surface area contributed by atoms with Gasteiger partial charge in [-0.3, -0.25) is 9.59 Å². The van der Waals surface area contributed by atoms with Crippen LogP contribution in [0, 0.1) is 11.3 Å². The quantitative estimate of drug-likeness (QED) is 0.442. The first-order chi connectivity index (χ1) is 14.5. The number of nitrogens with zero attached hydrogens (tertiary/aromatic N) is 4. The molecule has 1 amide bonds. The Morgan fingerprint density at radius 3 is 2.43 bits per heavy atom. The largest absolute Gasteiger partial charge is 0.342 e. The molecular weight excluding hydrogens is 398 g/mol. The van der Waals surface area contributed by atoms with E-state index in [-0.39, 0.29) is 23.5 Å². The summed E-state index contributed by atoms with van der Waals surface area (Å²) in [6.45, 7) is 4.43. The Hall–Kier alpha value is -3.44. The van der Waals surface area contributed by atoms with Gasteiger partial charge in [0.05, 0.1) is 23.4 Å². The number of thioether (sulfide) groups is 1. The van der Waals surface area contributed by atoms with Crippen molar-refractivity contribution in [3.63, 3.8) is 0 Å². The average Bonchev–Trinajstić information content (AvgIpc) is 3.21. The second-order valence-corrected chi connectivity index (χ2v) is 7.49. The molecule has 0 aliphatic heterocycles. The van der Waals surface area contributed by atoms with Crippen molar-refractivity contribution in [1.29, 1.82) is 5.26 Å². The fourth-order valence-electron chi connectivity index (χ4n) is 2.90. The van der Waals surface area contributed by atoms with Crippen molar-refractivity contribution in [3.8, 4) is 6.07 Å². The van der Waals surface area contributed by atoms with Gasteiger partial charge in [-0.2, -0.15) is 5.26 Å². The molecule has 1 atom stereocenters. The molecular formula is C22H21N5O2S. The van der Waals surface area contributed by atoms with Crippen molar-refractivity contribution in [2.75, 3.05) is 5.75 Å². The Morgan fingerprint density at radius 1 is 1.10 bits per heavy atom. The van der Waals surface area contributed by atoms with Crippen LogP contribution >= 0.6 is 11.8 Å². The summed E-state index contributed by atoms with van der Waals surface area (Å²) in [5, 5.41) is 20.9. The molecule has 0 aliphatic carbocycles. The lowest BCUT2D eigenvalue weighted by Crippen LogP contribution is -2.28. The van der Waals surface area contributed by atoms with Crippen molar-refractivity contribution in [2.45, 2.75) is 31.6 Å². The normalized spacial score (nSPS) is 11.5. The Labute approximate surface area is 179 Å². The van der Waals surface area contributed by atoms with Gasteiger partial charge in [-0.05, 0) is 38.1 Å². The van der Waals surface area contributed by atoms with E-state index in [4.69, 9.17) is 5.26 Å². The minimum Gasteiger partial charge on any atom is -0.342 e. The van der Waals surface area contributed by atoms with Gasteiger partial charge in [-0.15, -0.1) is 10.2 Å². The first-order valence-corrected chi connectivity index (χ1v) is 10.5. The van der Waals surface area contributed by atoms with Crippen LogP contribution in [0.15, 0.2) is 59.8 Å². The molecule has 2 aromatic carbocycles. The number of nitrogens with one attached hydrogen (secondary N) is 1. The van der Waals surface area contributed by atoms with Crippen molar-refractivity contribution >= 4 is 23.5 Å². The van der Waals surface area contributed by atoms with E-state index in [1.807, 2.05) is 42.7 Å². The molecule has 0 bridgehead atoms. The van der Waals surface area contributed by atoms with Crippen LogP contribution in [0.4, 0.5) is 0 Å². The standard InChI is InChI=1S/C22H21N5O2S/c1-3-27-20(15(2)24-21(29)18-7-5-4-6-8-18)25-26-22(27)30-14-19(28)17-11-9-16(13-23)10-12-17/h4-12,15H,3,14H2,1-2H3,(H,24,29)/t15-/m1/s1. The lowest BCUT2D eigenvalue weighted by Gasteiger charge is -2.15. The van der Waals surface area contributed by atoms with Gasteiger partial charge in [-0.1, -0.05) is 42.1 Å². The zero-order valence-corrected chi connectivity index (χ0v) is 17.5. The number of rotatable bonds is 8. The van der Waals surface area contributed by atoms with Crippen LogP contribution in [0.3, 0.4) is 0 Å². The van der Waals surface area contributed by atoms with Crippen LogP contribution < -0.4 is 5.32 Å². The van der Waals surface area contributed by atoms with Gasteiger partial charge in [0, 0.05) is 17.7 Å². The summed E-state index contributed by atoms with van der Waals surface area (Å²) < 4.78 is 1.90. The SMILES string of the molecule is CCn1c(SCC(=O)c2ccc(C#N)cc2)nnc1[C@@H](C)NC(=O)c1ccccc1. The number of hydrogen-bond donors (Lipinski definition) is 1. The molecule has 30 heavy (non-hydrogen) atoms. The molecule has 1 heterocycles. The molecule has 0 radical (unpaired) electrons. The average molecular weight is 420 g/mol. The summed E-state index contributed by atoms with van der Waals surface area (Å²) in [4.78, 5) is 24.9. The van der Waals surface area contributed by atoms with E-state index < -0.39 is 0 Å². The molecule has 0 unspecified atom stereocenters. The second-order valence-electron chi connectivity index (χ2n) is 6.55. The molecule has 3 rings (SSSR count). The van der Waals surface area contributed by atoms with E-state index in [2.05, 4.69) is 15.5 Å². The third-order valence-electron chi connectivity index (χ3n) is 4.50. The Morgan fingerprint density at radius 2 is 1.80 bits per heavy atom. The summed E-state index contributed by atoms with van der Waals surface area (Å²) in [6, 6.07) is 17.2. The van der Waals surface area contributed by atoms with Gasteiger partial charge in [0.15, 0.2) is 16.8 Å². The predicted octanol–water partition coefficient (Wildman–Crippen LogP) is 3.64. The summed E-state index contributed by atoms with van der Waals surface area (Å²) >= 11 is 1.30. The molecule has 0 spiro atoms. The van der Waals surface area contributed by atoms with Gasteiger partial charge in [-0.25, -0.2) is 0 Å². The van der Waals surface area contributed by atoms with E-state index in [9.17, 15) is 9.59 Å². The number of ketones is 1. The van der Waals surface area contributed by atoms with E-state index >= 15 is 0 Å². The Bertz CT molecular complexity index is 1070. The zero-order valence-electron chi connectivity index (χ0n) is 16.7. The number of carbonyl (C=O) groups is 2. The number of nitriles is 1. The van der Waals surface area contributed by atoms with Gasteiger partial charge < -0.3 is 9.88 Å². The number of hydrogen-bond acceptors (Lipinski definition) is 6. The first kappa shape index (κ1) is 21.3. The highest BCUT2D eigenvalue weighted by Crippen LogP contribution is 2.22. The lowest BCUT2D eigenvalue weighted by atomic mass is 10.1. The topological polar surface area (TPSA) is 101 Å². The van der Waals surface area contributed by atoms with Crippen LogP contribution in [0.5, 0.6) is 0 Å². The summed E-state index contributed by atoms with van der Waals surface area (Å²) in [6.07, 6.45) is 0. The molecule has 0 aliphatic rings. The second kappa shape index (κ2) is 9.85. The van der Waals surface area contributed by atoms with E-state index in [1.165, 1.54) is 11.8 Å². The minimum atomic E-state index is -0.339. The summed E-state index contributed by atoms with van der Waals surface area (Å²) in [5.41, 5.74) is 1.64. The number of benzene rings is 2. The highest BCUT2D eigenvalue weighted by Gasteiger charge is 2.20. The van der Waals surface area contributed by atoms with E-state index in [1.54, 1.807) is 36.4 Å². The molecule has 0 saturated heterocycles. The van der Waals surface area contributed by atoms with E-state index in [0.29, 0.717) is 34.2 Å². The Balaban J connectivity index is 1.66. The maximum absolute atomic E-state index is 12.4. The third kappa shape index (κ3) is 4.93. The van der Waals surface area contributed by atoms with Crippen LogP contribution in [-0.4, -0.2) is 32.2 Å². The molecule has 0 saturated carbocycles. The number of carbonyl (C=O) groups excluding carboxylic acids is 2. The third-order valence-corrected chi connectivity index (χ3v) is 5.47. The number of amides is 1. The molecule has 152 valence electrons. The van der Waals surface area contributed by atoms with Crippen molar-refractivity contribution in [2.24, 2.45) is 0 Å². The van der Waals surface area contributed by atoms with Crippen LogP contribution in [0.1, 0.15) is 52.0 Å². The minimum absolute atomic E-state index is 0.0536. The van der Waals surface area contributed by atoms with Crippen molar-refractivity contribution in [3.05, 3.63) is 77.1 Å². The predicted molar refractivity (Wildman–Crippen MR) is 114 cm³/mol. The fourth-order valence-corrected chi connectivity index (χ4v) is 3.81. The van der Waals surface area contributed by atoms with Gasteiger partial charge >= 0.3 is 0 Å². The summed E-state index contributed by atoms with van der Waals surface area (Å²) in [7, 11) is 0. The maximum Gasteiger partial charge on any atom is 0.251 e. The monoisotopic (exact) mass is 419 g/mol. The number of Topliss-reactive ketones (excluding diaryl/α,β-unsaturated/α-hetero) is 1. The van der Waals surface area contributed by atoms with Crippen molar-refractivity contribution < 1.29 is 9.59 Å². The molecule has 1 aromatic heterocycles. The lowest BCUT2D eigenvalue weighted by molar-refractivity contribution is 0.0936. The molecule has 0 fully saturated rings. The number of aromatic nitrogens is 3. The van der Waals surface area contributed by atoms with Crippen LogP contribution in [-0.2, 0) is 6.54 Å². The van der Waals surface area contributed by atoms with Crippen LogP contribution in [0.2, 0.25) is 0 Å². The summed E-state index contributed by atoms with van der Waals surface area (Å²) in [5.74, 6) is 0.602. The van der Waals surface area contributed by atoms with Gasteiger partial charge in [0.2, 0.25) is 0 Å². The molecule has 8 heteroatoms. The highest BCUT2D eigenvalue weighted by molar-refractivity contribution is 7.99.